The third-order valence-corrected chi connectivity index (χ3v) is 4.93. The minimum Gasteiger partial charge on any atom is -0.497 e. The lowest BCUT2D eigenvalue weighted by Crippen LogP contribution is -2.03. The fourth-order valence-corrected chi connectivity index (χ4v) is 3.59. The van der Waals surface area contributed by atoms with Gasteiger partial charge < -0.3 is 4.74 Å². The predicted octanol–water partition coefficient (Wildman–Crippen LogP) is 5.02. The Labute approximate surface area is 148 Å². The van der Waals surface area contributed by atoms with Crippen LogP contribution in [0.1, 0.15) is 37.9 Å². The van der Waals surface area contributed by atoms with E-state index >= 15 is 0 Å². The van der Waals surface area contributed by atoms with Gasteiger partial charge in [0.15, 0.2) is 0 Å². The summed E-state index contributed by atoms with van der Waals surface area (Å²) in [7, 11) is 1.68. The predicted molar refractivity (Wildman–Crippen MR) is 101 cm³/mol. The van der Waals surface area contributed by atoms with E-state index in [1.165, 1.54) is 32.1 Å². The van der Waals surface area contributed by atoms with Crippen molar-refractivity contribution in [2.24, 2.45) is 5.92 Å². The van der Waals surface area contributed by atoms with Gasteiger partial charge >= 0.3 is 0 Å². The Morgan fingerprint density at radius 3 is 2.76 bits per heavy atom. The molecule has 0 amide bonds. The second-order valence-corrected chi connectivity index (χ2v) is 6.61. The van der Waals surface area contributed by atoms with Crippen molar-refractivity contribution < 1.29 is 4.74 Å². The van der Waals surface area contributed by atoms with Crippen molar-refractivity contribution in [3.63, 3.8) is 0 Å². The number of benzene rings is 1. The van der Waals surface area contributed by atoms with Gasteiger partial charge in [-0.3, -0.25) is 4.57 Å². The number of hydrogen-bond donors (Lipinski definition) is 0. The van der Waals surface area contributed by atoms with Gasteiger partial charge in [-0.25, -0.2) is 9.97 Å². The molecule has 25 heavy (non-hydrogen) atoms. The summed E-state index contributed by atoms with van der Waals surface area (Å²) >= 11 is 0. The molecule has 1 aromatic carbocycles. The molecule has 0 unspecified atom stereocenters. The highest BCUT2D eigenvalue weighted by atomic mass is 16.5. The molecule has 0 radical (unpaired) electrons. The Kier molecular flexibility index (Phi) is 4.51. The summed E-state index contributed by atoms with van der Waals surface area (Å²) in [6.45, 7) is 0. The standard InChI is InChI=1S/C21H23N3O/c1-25-17-11-12-19-18(15-17)23-21(13-10-16-7-3-2-4-8-16)24(19)20-9-5-6-14-22-20/h5-6,9-16H,2-4,7-8H2,1H3. The molecule has 2 aromatic heterocycles. The minimum absolute atomic E-state index is 0.667. The summed E-state index contributed by atoms with van der Waals surface area (Å²) in [4.78, 5) is 9.37. The maximum absolute atomic E-state index is 5.35. The van der Waals surface area contributed by atoms with Gasteiger partial charge in [-0.05, 0) is 49.1 Å². The van der Waals surface area contributed by atoms with E-state index in [4.69, 9.17) is 9.72 Å². The Morgan fingerprint density at radius 2 is 2.00 bits per heavy atom. The number of pyridine rings is 1. The average Bonchev–Trinajstić information content (AvgIpc) is 3.05. The molecule has 3 aromatic rings. The molecule has 0 N–H and O–H groups in total. The molecule has 0 atom stereocenters. The van der Waals surface area contributed by atoms with Crippen molar-refractivity contribution in [1.82, 2.24) is 14.5 Å². The van der Waals surface area contributed by atoms with Crippen molar-refractivity contribution in [2.75, 3.05) is 7.11 Å². The first-order valence-corrected chi connectivity index (χ1v) is 9.01. The Balaban J connectivity index is 1.79. The van der Waals surface area contributed by atoms with Crippen LogP contribution in [0.3, 0.4) is 0 Å². The van der Waals surface area contributed by atoms with E-state index in [-0.39, 0.29) is 0 Å². The van der Waals surface area contributed by atoms with Crippen LogP contribution in [0.2, 0.25) is 0 Å². The van der Waals surface area contributed by atoms with Crippen molar-refractivity contribution in [3.8, 4) is 11.6 Å². The normalized spacial score (nSPS) is 15.9. The van der Waals surface area contributed by atoms with Crippen molar-refractivity contribution in [1.29, 1.82) is 0 Å². The second-order valence-electron chi connectivity index (χ2n) is 6.61. The van der Waals surface area contributed by atoms with E-state index in [1.807, 2.05) is 42.6 Å². The van der Waals surface area contributed by atoms with Gasteiger partial charge in [-0.1, -0.05) is 31.4 Å². The molecule has 4 rings (SSSR count). The Hall–Kier alpha value is -2.62. The van der Waals surface area contributed by atoms with E-state index < -0.39 is 0 Å². The van der Waals surface area contributed by atoms with Crippen LogP contribution < -0.4 is 4.74 Å². The van der Waals surface area contributed by atoms with Crippen LogP contribution in [0, 0.1) is 5.92 Å². The number of nitrogens with zero attached hydrogens (tertiary/aromatic N) is 3. The van der Waals surface area contributed by atoms with E-state index in [9.17, 15) is 0 Å². The zero-order valence-electron chi connectivity index (χ0n) is 14.6. The third-order valence-electron chi connectivity index (χ3n) is 4.93. The maximum atomic E-state index is 5.35. The summed E-state index contributed by atoms with van der Waals surface area (Å²) < 4.78 is 7.47. The molecule has 4 nitrogen and oxygen atoms in total. The summed E-state index contributed by atoms with van der Waals surface area (Å²) in [6.07, 6.45) is 12.9. The fraction of sp³-hybridized carbons (Fsp3) is 0.333. The molecule has 0 aliphatic heterocycles. The number of aromatic nitrogens is 3. The molecule has 1 saturated carbocycles. The van der Waals surface area contributed by atoms with Crippen molar-refractivity contribution in [3.05, 3.63) is 54.5 Å². The molecular formula is C21H23N3O. The first-order chi connectivity index (χ1) is 12.3. The number of fused-ring (bicyclic) bond motifs is 1. The van der Waals surface area contributed by atoms with Crippen LogP contribution in [0.15, 0.2) is 48.7 Å². The molecule has 1 aliphatic carbocycles. The van der Waals surface area contributed by atoms with E-state index in [2.05, 4.69) is 21.7 Å². The molecule has 0 saturated heterocycles. The molecule has 0 spiro atoms. The van der Waals surface area contributed by atoms with Crippen LogP contribution in [0.25, 0.3) is 22.9 Å². The first-order valence-electron chi connectivity index (χ1n) is 9.01. The molecular weight excluding hydrogens is 310 g/mol. The average molecular weight is 333 g/mol. The number of allylic oxidation sites excluding steroid dienone is 1. The topological polar surface area (TPSA) is 39.9 Å². The quantitative estimate of drug-likeness (QED) is 0.673. The summed E-state index contributed by atoms with van der Waals surface area (Å²) in [6, 6.07) is 12.0. The van der Waals surface area contributed by atoms with E-state index in [0.29, 0.717) is 5.92 Å². The van der Waals surface area contributed by atoms with Crippen LogP contribution in [-0.2, 0) is 0 Å². The van der Waals surface area contributed by atoms with Crippen LogP contribution in [-0.4, -0.2) is 21.6 Å². The molecule has 2 heterocycles. The highest BCUT2D eigenvalue weighted by Gasteiger charge is 2.14. The number of imidazole rings is 1. The fourth-order valence-electron chi connectivity index (χ4n) is 3.59. The van der Waals surface area contributed by atoms with Gasteiger partial charge in [0, 0.05) is 12.3 Å². The van der Waals surface area contributed by atoms with Crippen LogP contribution in [0.4, 0.5) is 0 Å². The number of hydrogen-bond acceptors (Lipinski definition) is 3. The maximum Gasteiger partial charge on any atom is 0.139 e. The zero-order chi connectivity index (χ0) is 17.1. The number of ether oxygens (including phenoxy) is 1. The summed E-state index contributed by atoms with van der Waals surface area (Å²) in [5.41, 5.74) is 1.97. The lowest BCUT2D eigenvalue weighted by Gasteiger charge is -2.17. The van der Waals surface area contributed by atoms with Gasteiger partial charge in [-0.15, -0.1) is 0 Å². The minimum atomic E-state index is 0.667. The SMILES string of the molecule is COc1ccc2c(c1)nc(C=CC1CCCCC1)n2-c1ccccn1. The summed E-state index contributed by atoms with van der Waals surface area (Å²) in [5, 5.41) is 0. The summed E-state index contributed by atoms with van der Waals surface area (Å²) in [5.74, 6) is 3.30. The van der Waals surface area contributed by atoms with Gasteiger partial charge in [0.05, 0.1) is 18.1 Å². The van der Waals surface area contributed by atoms with Crippen LogP contribution in [0.5, 0.6) is 5.75 Å². The molecule has 128 valence electrons. The Bertz CT molecular complexity index is 877. The van der Waals surface area contributed by atoms with Gasteiger partial charge in [0.2, 0.25) is 0 Å². The van der Waals surface area contributed by atoms with E-state index in [0.717, 1.165) is 28.4 Å². The number of rotatable bonds is 4. The molecule has 1 aliphatic rings. The molecule has 4 heteroatoms. The first kappa shape index (κ1) is 15.9. The second kappa shape index (κ2) is 7.09. The van der Waals surface area contributed by atoms with Crippen LogP contribution >= 0.6 is 0 Å². The van der Waals surface area contributed by atoms with E-state index in [1.54, 1.807) is 7.11 Å². The van der Waals surface area contributed by atoms with Gasteiger partial charge in [-0.2, -0.15) is 0 Å². The lowest BCUT2D eigenvalue weighted by atomic mass is 9.89. The third kappa shape index (κ3) is 3.29. The Morgan fingerprint density at radius 1 is 1.12 bits per heavy atom. The lowest BCUT2D eigenvalue weighted by molar-refractivity contribution is 0.415. The highest BCUT2D eigenvalue weighted by molar-refractivity contribution is 5.81. The zero-order valence-corrected chi connectivity index (χ0v) is 14.6. The molecule has 1 fully saturated rings. The monoisotopic (exact) mass is 333 g/mol. The van der Waals surface area contributed by atoms with Gasteiger partial charge in [0.1, 0.15) is 17.4 Å². The number of methoxy groups -OCH3 is 1. The smallest absolute Gasteiger partial charge is 0.139 e. The van der Waals surface area contributed by atoms with Crippen molar-refractivity contribution in [2.45, 2.75) is 32.1 Å². The highest BCUT2D eigenvalue weighted by Crippen LogP contribution is 2.28. The molecule has 0 bridgehead atoms. The van der Waals surface area contributed by atoms with Crippen molar-refractivity contribution >= 4 is 17.1 Å². The largest absolute Gasteiger partial charge is 0.497 e. The van der Waals surface area contributed by atoms with Gasteiger partial charge in [0.25, 0.3) is 0 Å².